The second kappa shape index (κ2) is 6.61. The number of nitrogen functional groups attached to an aromatic ring is 1. The first kappa shape index (κ1) is 15.4. The molecule has 106 valence electrons. The molecule has 2 aromatic rings. The number of halogens is 2. The van der Waals surface area contributed by atoms with Crippen molar-refractivity contribution in [2.75, 3.05) is 12.8 Å². The molecule has 2 aromatic carbocycles. The van der Waals surface area contributed by atoms with Gasteiger partial charge < -0.3 is 10.5 Å². The van der Waals surface area contributed by atoms with E-state index in [1.54, 1.807) is 25.3 Å². The lowest BCUT2D eigenvalue weighted by molar-refractivity contribution is 0.411. The van der Waals surface area contributed by atoms with Crippen LogP contribution >= 0.6 is 27.5 Å². The third-order valence-corrected chi connectivity index (χ3v) is 5.16. The van der Waals surface area contributed by atoms with Crippen molar-refractivity contribution < 1.29 is 8.95 Å². The molecule has 0 aliphatic heterocycles. The fourth-order valence-electron chi connectivity index (χ4n) is 1.84. The molecule has 0 spiro atoms. The summed E-state index contributed by atoms with van der Waals surface area (Å²) < 4.78 is 18.7. The van der Waals surface area contributed by atoms with Crippen LogP contribution in [0.25, 0.3) is 0 Å². The number of hydrogen-bond donors (Lipinski definition) is 1. The maximum absolute atomic E-state index is 12.5. The second-order valence-electron chi connectivity index (χ2n) is 4.10. The molecule has 0 heterocycles. The summed E-state index contributed by atoms with van der Waals surface area (Å²) in [5.41, 5.74) is 7.13. The van der Waals surface area contributed by atoms with Crippen molar-refractivity contribution in [1.82, 2.24) is 0 Å². The molecular weight excluding hydrogens is 362 g/mol. The van der Waals surface area contributed by atoms with E-state index in [-0.39, 0.29) is 5.75 Å². The zero-order valence-corrected chi connectivity index (χ0v) is 13.9. The third-order valence-electron chi connectivity index (χ3n) is 2.75. The molecule has 0 radical (unpaired) electrons. The standard InChI is InChI=1S/C14H13BrClNO2S/c1-19-13-6-5-10(15)7-9(13)8-20(18)14-11(16)3-2-4-12(14)17/h2-7H,8,17H2,1H3. The van der Waals surface area contributed by atoms with E-state index in [9.17, 15) is 4.21 Å². The Morgan fingerprint density at radius 3 is 2.75 bits per heavy atom. The minimum atomic E-state index is -1.34. The van der Waals surface area contributed by atoms with E-state index in [4.69, 9.17) is 22.1 Å². The van der Waals surface area contributed by atoms with Crippen molar-refractivity contribution in [3.63, 3.8) is 0 Å². The Bertz CT molecular complexity index is 643. The van der Waals surface area contributed by atoms with E-state index in [0.29, 0.717) is 21.4 Å². The van der Waals surface area contributed by atoms with E-state index in [1.165, 1.54) is 0 Å². The van der Waals surface area contributed by atoms with Gasteiger partial charge in [-0.1, -0.05) is 33.6 Å². The van der Waals surface area contributed by atoms with E-state index in [1.807, 2.05) is 18.2 Å². The molecule has 0 amide bonds. The first-order valence-corrected chi connectivity index (χ1v) is 8.26. The molecule has 0 aromatic heterocycles. The van der Waals surface area contributed by atoms with Crippen LogP contribution in [0.3, 0.4) is 0 Å². The molecule has 0 aliphatic carbocycles. The number of methoxy groups -OCH3 is 1. The summed E-state index contributed by atoms with van der Waals surface area (Å²) in [7, 11) is 0.247. The molecule has 2 N–H and O–H groups in total. The summed E-state index contributed by atoms with van der Waals surface area (Å²) in [6.45, 7) is 0. The van der Waals surface area contributed by atoms with Crippen LogP contribution in [0.5, 0.6) is 5.75 Å². The fraction of sp³-hybridized carbons (Fsp3) is 0.143. The van der Waals surface area contributed by atoms with Crippen LogP contribution in [0.15, 0.2) is 45.8 Å². The lowest BCUT2D eigenvalue weighted by atomic mass is 10.2. The van der Waals surface area contributed by atoms with Gasteiger partial charge in [0.2, 0.25) is 0 Å². The predicted octanol–water partition coefficient (Wildman–Crippen LogP) is 4.00. The number of ether oxygens (including phenoxy) is 1. The number of anilines is 1. The topological polar surface area (TPSA) is 52.3 Å². The summed E-state index contributed by atoms with van der Waals surface area (Å²) in [5.74, 6) is 0.975. The molecule has 0 saturated heterocycles. The van der Waals surface area contributed by atoms with E-state index >= 15 is 0 Å². The summed E-state index contributed by atoms with van der Waals surface area (Å²) in [4.78, 5) is 0.469. The van der Waals surface area contributed by atoms with Gasteiger partial charge in [-0.2, -0.15) is 0 Å². The third kappa shape index (κ3) is 3.34. The summed E-state index contributed by atoms with van der Waals surface area (Å²) >= 11 is 9.48. The maximum Gasteiger partial charge on any atom is 0.123 e. The predicted molar refractivity (Wildman–Crippen MR) is 86.7 cm³/mol. The van der Waals surface area contributed by atoms with Gasteiger partial charge in [0.25, 0.3) is 0 Å². The Kier molecular flexibility index (Phi) is 5.07. The Labute approximate surface area is 133 Å². The first-order valence-electron chi connectivity index (χ1n) is 5.77. The summed E-state index contributed by atoms with van der Waals surface area (Å²) in [6.07, 6.45) is 0. The van der Waals surface area contributed by atoms with Crippen LogP contribution < -0.4 is 10.5 Å². The second-order valence-corrected chi connectivity index (χ2v) is 6.82. The van der Waals surface area contributed by atoms with Crippen LogP contribution in [0.4, 0.5) is 5.69 Å². The zero-order valence-electron chi connectivity index (χ0n) is 10.7. The molecule has 20 heavy (non-hydrogen) atoms. The molecule has 1 unspecified atom stereocenters. The summed E-state index contributed by atoms with van der Waals surface area (Å²) in [5, 5.41) is 0.414. The fourth-order valence-corrected chi connectivity index (χ4v) is 3.96. The molecule has 3 nitrogen and oxygen atoms in total. The van der Waals surface area contributed by atoms with Gasteiger partial charge >= 0.3 is 0 Å². The van der Waals surface area contributed by atoms with Gasteiger partial charge in [0.1, 0.15) is 5.75 Å². The van der Waals surface area contributed by atoms with Crippen molar-refractivity contribution in [3.8, 4) is 5.75 Å². The monoisotopic (exact) mass is 373 g/mol. The lowest BCUT2D eigenvalue weighted by Gasteiger charge is -2.11. The molecule has 0 aliphatic rings. The van der Waals surface area contributed by atoms with Gasteiger partial charge in [0.05, 0.1) is 33.6 Å². The largest absolute Gasteiger partial charge is 0.496 e. The molecule has 2 rings (SSSR count). The van der Waals surface area contributed by atoms with Gasteiger partial charge in [0.15, 0.2) is 0 Å². The lowest BCUT2D eigenvalue weighted by Crippen LogP contribution is -2.03. The first-order chi connectivity index (χ1) is 9.52. The average molecular weight is 375 g/mol. The molecule has 0 saturated carbocycles. The Morgan fingerprint density at radius 2 is 2.10 bits per heavy atom. The zero-order chi connectivity index (χ0) is 14.7. The molecular formula is C14H13BrClNO2S. The van der Waals surface area contributed by atoms with E-state index in [2.05, 4.69) is 15.9 Å². The SMILES string of the molecule is COc1ccc(Br)cc1CS(=O)c1c(N)cccc1Cl. The Morgan fingerprint density at radius 1 is 1.35 bits per heavy atom. The highest BCUT2D eigenvalue weighted by Crippen LogP contribution is 2.30. The number of benzene rings is 2. The Balaban J connectivity index is 2.35. The van der Waals surface area contributed by atoms with Crippen LogP contribution in [0.2, 0.25) is 5.02 Å². The van der Waals surface area contributed by atoms with Crippen LogP contribution in [-0.4, -0.2) is 11.3 Å². The smallest absolute Gasteiger partial charge is 0.123 e. The average Bonchev–Trinajstić information content (AvgIpc) is 2.38. The minimum absolute atomic E-state index is 0.288. The highest BCUT2D eigenvalue weighted by Gasteiger charge is 2.15. The van der Waals surface area contributed by atoms with Gasteiger partial charge in [-0.3, -0.25) is 4.21 Å². The van der Waals surface area contributed by atoms with E-state index < -0.39 is 10.8 Å². The normalized spacial score (nSPS) is 12.2. The quantitative estimate of drug-likeness (QED) is 0.823. The molecule has 0 bridgehead atoms. The molecule has 1 atom stereocenters. The van der Waals surface area contributed by atoms with Gasteiger partial charge in [-0.25, -0.2) is 0 Å². The van der Waals surface area contributed by atoms with Crippen LogP contribution in [-0.2, 0) is 16.6 Å². The minimum Gasteiger partial charge on any atom is -0.496 e. The van der Waals surface area contributed by atoms with Crippen LogP contribution in [0, 0.1) is 0 Å². The summed E-state index contributed by atoms with van der Waals surface area (Å²) in [6, 6.07) is 10.7. The van der Waals surface area contributed by atoms with Crippen molar-refractivity contribution in [2.24, 2.45) is 0 Å². The van der Waals surface area contributed by atoms with Crippen molar-refractivity contribution >= 4 is 44.0 Å². The highest BCUT2D eigenvalue weighted by molar-refractivity contribution is 9.10. The number of nitrogens with two attached hydrogens (primary N) is 1. The van der Waals surface area contributed by atoms with Gasteiger partial charge in [0, 0.05) is 15.7 Å². The van der Waals surface area contributed by atoms with Gasteiger partial charge in [-0.15, -0.1) is 0 Å². The Hall–Kier alpha value is -1.04. The van der Waals surface area contributed by atoms with Crippen LogP contribution in [0.1, 0.15) is 5.56 Å². The maximum atomic E-state index is 12.5. The van der Waals surface area contributed by atoms with Crippen molar-refractivity contribution in [3.05, 3.63) is 51.5 Å². The number of rotatable bonds is 4. The van der Waals surface area contributed by atoms with Crippen molar-refractivity contribution in [1.29, 1.82) is 0 Å². The van der Waals surface area contributed by atoms with Gasteiger partial charge in [-0.05, 0) is 30.3 Å². The molecule has 0 fully saturated rings. The van der Waals surface area contributed by atoms with Crippen molar-refractivity contribution in [2.45, 2.75) is 10.6 Å². The highest BCUT2D eigenvalue weighted by atomic mass is 79.9. The molecule has 6 heteroatoms. The number of hydrogen-bond acceptors (Lipinski definition) is 3. The van der Waals surface area contributed by atoms with E-state index in [0.717, 1.165) is 10.0 Å².